The second-order valence-corrected chi connectivity index (χ2v) is 7.90. The van der Waals surface area contributed by atoms with Gasteiger partial charge in [-0.2, -0.15) is 5.10 Å². The van der Waals surface area contributed by atoms with Crippen molar-refractivity contribution in [3.8, 4) is 0 Å². The van der Waals surface area contributed by atoms with Gasteiger partial charge in [-0.15, -0.1) is 24.0 Å². The first-order valence-electron chi connectivity index (χ1n) is 9.77. The van der Waals surface area contributed by atoms with Gasteiger partial charge in [0.15, 0.2) is 5.96 Å². The number of halogens is 1. The summed E-state index contributed by atoms with van der Waals surface area (Å²) >= 11 is 0. The Labute approximate surface area is 185 Å². The first kappa shape index (κ1) is 24.5. The van der Waals surface area contributed by atoms with Crippen LogP contribution in [0.25, 0.3) is 0 Å². The molecule has 1 fully saturated rings. The number of guanidine groups is 1. The van der Waals surface area contributed by atoms with E-state index in [1.807, 2.05) is 38.7 Å². The highest BCUT2D eigenvalue weighted by Gasteiger charge is 2.26. The van der Waals surface area contributed by atoms with Gasteiger partial charge in [0.05, 0.1) is 6.20 Å². The molecule has 0 aromatic carbocycles. The monoisotopic (exact) mass is 506 g/mol. The molecule has 0 saturated carbocycles. The maximum absolute atomic E-state index is 11.6. The zero-order valence-electron chi connectivity index (χ0n) is 17.7. The van der Waals surface area contributed by atoms with Crippen LogP contribution in [0.15, 0.2) is 17.4 Å². The zero-order valence-corrected chi connectivity index (χ0v) is 20.0. The van der Waals surface area contributed by atoms with Crippen molar-refractivity contribution in [3.05, 3.63) is 18.0 Å². The van der Waals surface area contributed by atoms with Crippen LogP contribution in [0.5, 0.6) is 0 Å². The SMILES string of the molecule is CCNC(=NCCCNC(=O)OC(C)(C)C)N1CCC(c2cnn(C)c2)C1.I. The van der Waals surface area contributed by atoms with Crippen LogP contribution in [-0.2, 0) is 11.8 Å². The highest BCUT2D eigenvalue weighted by atomic mass is 127. The summed E-state index contributed by atoms with van der Waals surface area (Å²) < 4.78 is 7.08. The molecule has 160 valence electrons. The van der Waals surface area contributed by atoms with Gasteiger partial charge >= 0.3 is 6.09 Å². The van der Waals surface area contributed by atoms with Crippen molar-refractivity contribution in [1.82, 2.24) is 25.3 Å². The zero-order chi connectivity index (χ0) is 19.9. The lowest BCUT2D eigenvalue weighted by molar-refractivity contribution is 0.0527. The number of carbonyl (C=O) groups is 1. The molecule has 1 aliphatic heterocycles. The smallest absolute Gasteiger partial charge is 0.407 e. The normalized spacial score (nSPS) is 17.2. The van der Waals surface area contributed by atoms with Crippen LogP contribution in [0, 0.1) is 0 Å². The van der Waals surface area contributed by atoms with Crippen molar-refractivity contribution in [2.75, 3.05) is 32.7 Å². The standard InChI is InChI=1S/C19H34N6O2.HI/c1-6-20-17(21-9-7-10-22-18(26)27-19(2,3)4)25-11-8-15(14-25)16-12-23-24(5)13-16;/h12-13,15H,6-11,14H2,1-5H3,(H,20,21)(H,22,26);1H. The van der Waals surface area contributed by atoms with Gasteiger partial charge in [0.2, 0.25) is 0 Å². The summed E-state index contributed by atoms with van der Waals surface area (Å²) in [6.45, 7) is 11.6. The first-order chi connectivity index (χ1) is 12.8. The first-order valence-corrected chi connectivity index (χ1v) is 9.77. The van der Waals surface area contributed by atoms with E-state index in [-0.39, 0.29) is 30.1 Å². The number of nitrogens with zero attached hydrogens (tertiary/aromatic N) is 4. The number of aromatic nitrogens is 2. The second-order valence-electron chi connectivity index (χ2n) is 7.90. The molecule has 1 aromatic rings. The van der Waals surface area contributed by atoms with E-state index in [1.165, 1.54) is 5.56 Å². The largest absolute Gasteiger partial charge is 0.444 e. The average molecular weight is 506 g/mol. The third-order valence-electron chi connectivity index (χ3n) is 4.28. The number of hydrogen-bond donors (Lipinski definition) is 2. The van der Waals surface area contributed by atoms with Crippen molar-refractivity contribution in [1.29, 1.82) is 0 Å². The number of aryl methyl sites for hydroxylation is 1. The molecule has 9 heteroatoms. The Hall–Kier alpha value is -1.52. The number of hydrogen-bond acceptors (Lipinski definition) is 4. The second kappa shape index (κ2) is 11.5. The van der Waals surface area contributed by atoms with Crippen LogP contribution in [0.4, 0.5) is 4.79 Å². The van der Waals surface area contributed by atoms with Gasteiger partial charge < -0.3 is 20.3 Å². The molecule has 8 nitrogen and oxygen atoms in total. The predicted molar refractivity (Wildman–Crippen MR) is 122 cm³/mol. The van der Waals surface area contributed by atoms with E-state index in [1.54, 1.807) is 0 Å². The number of nitrogens with one attached hydrogen (secondary N) is 2. The van der Waals surface area contributed by atoms with Crippen LogP contribution < -0.4 is 10.6 Å². The van der Waals surface area contributed by atoms with Crippen LogP contribution in [0.2, 0.25) is 0 Å². The fourth-order valence-electron chi connectivity index (χ4n) is 3.07. The van der Waals surface area contributed by atoms with Gasteiger partial charge in [-0.25, -0.2) is 4.79 Å². The van der Waals surface area contributed by atoms with Crippen molar-refractivity contribution >= 4 is 36.0 Å². The Balaban J connectivity index is 0.00000392. The van der Waals surface area contributed by atoms with Gasteiger partial charge in [-0.3, -0.25) is 9.67 Å². The van der Waals surface area contributed by atoms with Crippen molar-refractivity contribution in [2.45, 2.75) is 52.1 Å². The third-order valence-corrected chi connectivity index (χ3v) is 4.28. The number of likely N-dealkylation sites (tertiary alicyclic amines) is 1. The number of amides is 1. The molecule has 0 radical (unpaired) electrons. The topological polar surface area (TPSA) is 83.8 Å². The lowest BCUT2D eigenvalue weighted by Gasteiger charge is -2.21. The van der Waals surface area contributed by atoms with Crippen LogP contribution in [0.3, 0.4) is 0 Å². The molecule has 2 rings (SSSR count). The van der Waals surface area contributed by atoms with Gasteiger partial charge in [0, 0.05) is 51.9 Å². The summed E-state index contributed by atoms with van der Waals surface area (Å²) in [6, 6.07) is 0. The van der Waals surface area contributed by atoms with Gasteiger partial charge in [-0.1, -0.05) is 0 Å². The van der Waals surface area contributed by atoms with E-state index in [9.17, 15) is 4.79 Å². The van der Waals surface area contributed by atoms with Gasteiger partial charge in [-0.05, 0) is 46.1 Å². The summed E-state index contributed by atoms with van der Waals surface area (Å²) in [5.41, 5.74) is 0.818. The molecule has 2 N–H and O–H groups in total. The number of aliphatic imine (C=N–C) groups is 1. The van der Waals surface area contributed by atoms with Crippen LogP contribution >= 0.6 is 24.0 Å². The molecule has 0 bridgehead atoms. The summed E-state index contributed by atoms with van der Waals surface area (Å²) in [6.07, 6.45) is 5.56. The Bertz CT molecular complexity index is 641. The fourth-order valence-corrected chi connectivity index (χ4v) is 3.07. The molecule has 2 heterocycles. The molecular formula is C19H35IN6O2. The molecule has 28 heavy (non-hydrogen) atoms. The Morgan fingerprint density at radius 2 is 2.14 bits per heavy atom. The van der Waals surface area contributed by atoms with E-state index in [0.717, 1.165) is 38.4 Å². The fraction of sp³-hybridized carbons (Fsp3) is 0.737. The predicted octanol–water partition coefficient (Wildman–Crippen LogP) is 2.71. The van der Waals surface area contributed by atoms with E-state index in [0.29, 0.717) is 19.0 Å². The highest BCUT2D eigenvalue weighted by molar-refractivity contribution is 14.0. The summed E-state index contributed by atoms with van der Waals surface area (Å²) in [7, 11) is 1.95. The average Bonchev–Trinajstić information content (AvgIpc) is 3.20. The molecule has 1 amide bonds. The van der Waals surface area contributed by atoms with Gasteiger partial charge in [0.25, 0.3) is 0 Å². The maximum atomic E-state index is 11.6. The minimum absolute atomic E-state index is 0. The number of rotatable bonds is 6. The maximum Gasteiger partial charge on any atom is 0.407 e. The van der Waals surface area contributed by atoms with E-state index in [2.05, 4.69) is 33.8 Å². The van der Waals surface area contributed by atoms with E-state index >= 15 is 0 Å². The van der Waals surface area contributed by atoms with E-state index in [4.69, 9.17) is 9.73 Å². The summed E-state index contributed by atoms with van der Waals surface area (Å²) in [4.78, 5) is 18.7. The molecule has 1 atom stereocenters. The van der Waals surface area contributed by atoms with E-state index < -0.39 is 5.60 Å². The number of ether oxygens (including phenoxy) is 1. The molecule has 1 saturated heterocycles. The minimum atomic E-state index is -0.471. The molecular weight excluding hydrogens is 471 g/mol. The summed E-state index contributed by atoms with van der Waals surface area (Å²) in [5, 5.41) is 10.4. The van der Waals surface area contributed by atoms with Crippen molar-refractivity contribution in [3.63, 3.8) is 0 Å². The summed E-state index contributed by atoms with van der Waals surface area (Å²) in [5.74, 6) is 1.44. The van der Waals surface area contributed by atoms with Crippen LogP contribution in [0.1, 0.15) is 52.0 Å². The molecule has 0 aliphatic carbocycles. The van der Waals surface area contributed by atoms with Crippen molar-refractivity contribution < 1.29 is 9.53 Å². The Kier molecular flexibility index (Phi) is 10.0. The lowest BCUT2D eigenvalue weighted by Crippen LogP contribution is -2.40. The number of alkyl carbamates (subject to hydrolysis) is 1. The quantitative estimate of drug-likeness (QED) is 0.268. The molecule has 1 aromatic heterocycles. The highest BCUT2D eigenvalue weighted by Crippen LogP contribution is 2.26. The third kappa shape index (κ3) is 8.24. The Morgan fingerprint density at radius 3 is 2.75 bits per heavy atom. The Morgan fingerprint density at radius 1 is 1.39 bits per heavy atom. The molecule has 0 spiro atoms. The minimum Gasteiger partial charge on any atom is -0.444 e. The molecule has 1 unspecified atom stereocenters. The number of carbonyl (C=O) groups excluding carboxylic acids is 1. The lowest BCUT2D eigenvalue weighted by atomic mass is 10.0. The van der Waals surface area contributed by atoms with Crippen molar-refractivity contribution in [2.24, 2.45) is 12.0 Å². The van der Waals surface area contributed by atoms with Crippen LogP contribution in [-0.4, -0.2) is 65.1 Å². The van der Waals surface area contributed by atoms with Gasteiger partial charge in [0.1, 0.15) is 5.60 Å². The molecule has 1 aliphatic rings.